The van der Waals surface area contributed by atoms with Crippen molar-refractivity contribution >= 4 is 6.29 Å². The van der Waals surface area contributed by atoms with Crippen molar-refractivity contribution in [3.8, 4) is 0 Å². The molecule has 0 saturated heterocycles. The molecule has 1 nitrogen and oxygen atoms in total. The molecule has 0 atom stereocenters. The summed E-state index contributed by atoms with van der Waals surface area (Å²) in [5.74, 6) is -4.72. The van der Waals surface area contributed by atoms with Crippen molar-refractivity contribution in [3.05, 3.63) is 23.6 Å². The molecule has 0 aliphatic heterocycles. The fourth-order valence-corrected chi connectivity index (χ4v) is 0.810. The topological polar surface area (TPSA) is 17.1 Å². The Balaban J connectivity index is 2.73. The van der Waals surface area contributed by atoms with Gasteiger partial charge in [-0.2, -0.15) is 8.78 Å². The highest BCUT2D eigenvalue weighted by atomic mass is 19.3. The zero-order chi connectivity index (χ0) is 8.48. The molecule has 60 valence electrons. The van der Waals surface area contributed by atoms with Gasteiger partial charge in [-0.25, -0.2) is 4.39 Å². The molecular formula is C7H5F3O. The molecule has 0 unspecified atom stereocenters. The minimum absolute atomic E-state index is 0.0953. The van der Waals surface area contributed by atoms with Gasteiger partial charge in [0, 0.05) is 6.42 Å². The number of aldehydes is 1. The van der Waals surface area contributed by atoms with Crippen LogP contribution in [0.4, 0.5) is 13.2 Å². The standard InChI is InChI=1S/C7H5F3O/c8-6-5(2-1-3-11)4-7(6,9)10/h1-3H,4H2. The maximum atomic E-state index is 12.2. The molecule has 1 aliphatic rings. The van der Waals surface area contributed by atoms with Gasteiger partial charge in [0.05, 0.1) is 0 Å². The molecule has 0 aromatic rings. The average Bonchev–Trinajstić information content (AvgIpc) is 1.97. The van der Waals surface area contributed by atoms with Crippen molar-refractivity contribution in [2.75, 3.05) is 0 Å². The normalized spacial score (nSPS) is 22.1. The van der Waals surface area contributed by atoms with E-state index in [1.807, 2.05) is 0 Å². The molecule has 0 fully saturated rings. The Bertz CT molecular complexity index is 240. The third-order valence-electron chi connectivity index (χ3n) is 1.39. The van der Waals surface area contributed by atoms with Gasteiger partial charge in [-0.1, -0.05) is 6.08 Å². The highest BCUT2D eigenvalue weighted by Gasteiger charge is 2.46. The highest BCUT2D eigenvalue weighted by molar-refractivity contribution is 5.66. The molecule has 1 rings (SSSR count). The molecule has 4 heteroatoms. The SMILES string of the molecule is O=CC=CC1=C(F)C(F)(F)C1. The second-order valence-corrected chi connectivity index (χ2v) is 2.22. The van der Waals surface area contributed by atoms with E-state index < -0.39 is 18.2 Å². The van der Waals surface area contributed by atoms with Crippen LogP contribution in [0.5, 0.6) is 0 Å². The maximum Gasteiger partial charge on any atom is 0.303 e. The molecule has 0 heterocycles. The van der Waals surface area contributed by atoms with E-state index in [0.29, 0.717) is 6.29 Å². The molecular weight excluding hydrogens is 157 g/mol. The van der Waals surface area contributed by atoms with Crippen LogP contribution in [0, 0.1) is 0 Å². The fourth-order valence-electron chi connectivity index (χ4n) is 0.810. The summed E-state index contributed by atoms with van der Waals surface area (Å²) in [5.41, 5.74) is -0.0953. The summed E-state index contributed by atoms with van der Waals surface area (Å²) in [4.78, 5) is 9.70. The van der Waals surface area contributed by atoms with Crippen molar-refractivity contribution in [1.29, 1.82) is 0 Å². The summed E-state index contributed by atoms with van der Waals surface area (Å²) in [6.45, 7) is 0. The van der Waals surface area contributed by atoms with Gasteiger partial charge in [0.25, 0.3) is 0 Å². The first-order valence-electron chi connectivity index (χ1n) is 2.97. The Hall–Kier alpha value is -1.06. The van der Waals surface area contributed by atoms with E-state index in [1.165, 1.54) is 0 Å². The number of allylic oxidation sites excluding steroid dienone is 4. The quantitative estimate of drug-likeness (QED) is 0.448. The van der Waals surface area contributed by atoms with Gasteiger partial charge in [-0.05, 0) is 11.6 Å². The van der Waals surface area contributed by atoms with Gasteiger partial charge < -0.3 is 0 Å². The monoisotopic (exact) mass is 162 g/mol. The minimum atomic E-state index is -3.30. The lowest BCUT2D eigenvalue weighted by Crippen LogP contribution is -2.28. The van der Waals surface area contributed by atoms with Gasteiger partial charge in [0.1, 0.15) is 6.29 Å². The lowest BCUT2D eigenvalue weighted by molar-refractivity contribution is -0.104. The summed E-state index contributed by atoms with van der Waals surface area (Å²) in [5, 5.41) is 0. The lowest BCUT2D eigenvalue weighted by atomic mass is 9.92. The smallest absolute Gasteiger partial charge is 0.299 e. The summed E-state index contributed by atoms with van der Waals surface area (Å²) < 4.78 is 36.4. The largest absolute Gasteiger partial charge is 0.303 e. The predicted molar refractivity (Wildman–Crippen MR) is 32.9 cm³/mol. The third-order valence-corrected chi connectivity index (χ3v) is 1.39. The number of carbonyl (C=O) groups excluding carboxylic acids is 1. The number of carbonyl (C=O) groups is 1. The Morgan fingerprint density at radius 2 is 2.09 bits per heavy atom. The number of halogens is 3. The first kappa shape index (κ1) is 8.04. The predicted octanol–water partition coefficient (Wildman–Crippen LogP) is 2.00. The molecule has 0 spiro atoms. The molecule has 0 aromatic heterocycles. The van der Waals surface area contributed by atoms with Crippen LogP contribution >= 0.6 is 0 Å². The van der Waals surface area contributed by atoms with Crippen LogP contribution in [0.25, 0.3) is 0 Å². The van der Waals surface area contributed by atoms with Gasteiger partial charge in [-0.15, -0.1) is 0 Å². The molecule has 0 saturated carbocycles. The van der Waals surface area contributed by atoms with Gasteiger partial charge in [0.15, 0.2) is 5.83 Å². The number of hydrogen-bond acceptors (Lipinski definition) is 1. The van der Waals surface area contributed by atoms with E-state index in [1.54, 1.807) is 0 Å². The van der Waals surface area contributed by atoms with Gasteiger partial charge >= 0.3 is 5.92 Å². The Kier molecular flexibility index (Phi) is 1.85. The summed E-state index contributed by atoms with van der Waals surface area (Å²) in [6.07, 6.45) is 1.85. The third kappa shape index (κ3) is 1.34. The second kappa shape index (κ2) is 2.53. The molecule has 0 N–H and O–H groups in total. The van der Waals surface area contributed by atoms with E-state index in [9.17, 15) is 18.0 Å². The van der Waals surface area contributed by atoms with Crippen LogP contribution in [0.1, 0.15) is 6.42 Å². The zero-order valence-corrected chi connectivity index (χ0v) is 5.48. The minimum Gasteiger partial charge on any atom is -0.299 e. The van der Waals surface area contributed by atoms with Crippen molar-refractivity contribution in [1.82, 2.24) is 0 Å². The van der Waals surface area contributed by atoms with Crippen LogP contribution in [-0.2, 0) is 4.79 Å². The maximum absolute atomic E-state index is 12.2. The van der Waals surface area contributed by atoms with E-state index in [4.69, 9.17) is 0 Å². The lowest BCUT2D eigenvalue weighted by Gasteiger charge is -2.25. The Labute approximate surface area is 61.2 Å². The van der Waals surface area contributed by atoms with Crippen LogP contribution in [-0.4, -0.2) is 12.2 Å². The highest BCUT2D eigenvalue weighted by Crippen LogP contribution is 2.44. The zero-order valence-electron chi connectivity index (χ0n) is 5.48. The van der Waals surface area contributed by atoms with Crippen LogP contribution in [0.2, 0.25) is 0 Å². The first-order valence-corrected chi connectivity index (χ1v) is 2.97. The molecule has 11 heavy (non-hydrogen) atoms. The van der Waals surface area contributed by atoms with Gasteiger partial charge in [0.2, 0.25) is 0 Å². The average molecular weight is 162 g/mol. The van der Waals surface area contributed by atoms with Crippen molar-refractivity contribution in [2.45, 2.75) is 12.3 Å². The second-order valence-electron chi connectivity index (χ2n) is 2.22. The summed E-state index contributed by atoms with van der Waals surface area (Å²) in [7, 11) is 0. The van der Waals surface area contributed by atoms with E-state index in [0.717, 1.165) is 12.2 Å². The Morgan fingerprint density at radius 1 is 1.45 bits per heavy atom. The molecule has 0 radical (unpaired) electrons. The van der Waals surface area contributed by atoms with Crippen LogP contribution in [0.15, 0.2) is 23.6 Å². The first-order chi connectivity index (χ1) is 5.08. The Morgan fingerprint density at radius 3 is 2.45 bits per heavy atom. The molecule has 0 bridgehead atoms. The fraction of sp³-hybridized carbons (Fsp3) is 0.286. The van der Waals surface area contributed by atoms with Crippen molar-refractivity contribution in [3.63, 3.8) is 0 Å². The van der Waals surface area contributed by atoms with Crippen molar-refractivity contribution < 1.29 is 18.0 Å². The van der Waals surface area contributed by atoms with Crippen LogP contribution in [0.3, 0.4) is 0 Å². The van der Waals surface area contributed by atoms with E-state index in [-0.39, 0.29) is 5.57 Å². The molecule has 1 aliphatic carbocycles. The van der Waals surface area contributed by atoms with E-state index >= 15 is 0 Å². The molecule has 0 amide bonds. The molecule has 0 aromatic carbocycles. The number of rotatable bonds is 2. The van der Waals surface area contributed by atoms with Gasteiger partial charge in [-0.3, -0.25) is 4.79 Å². The summed E-state index contributed by atoms with van der Waals surface area (Å²) >= 11 is 0. The van der Waals surface area contributed by atoms with Crippen molar-refractivity contribution in [2.24, 2.45) is 0 Å². The van der Waals surface area contributed by atoms with Crippen LogP contribution < -0.4 is 0 Å². The number of alkyl halides is 2. The van der Waals surface area contributed by atoms with E-state index in [2.05, 4.69) is 0 Å². The number of hydrogen-bond donors (Lipinski definition) is 0. The summed E-state index contributed by atoms with van der Waals surface area (Å²) in [6, 6.07) is 0.